The van der Waals surface area contributed by atoms with Gasteiger partial charge in [0.25, 0.3) is 5.89 Å². The van der Waals surface area contributed by atoms with Crippen LogP contribution in [0.1, 0.15) is 17.3 Å². The minimum absolute atomic E-state index is 0.0713. The minimum Gasteiger partial charge on any atom is -0.493 e. The maximum absolute atomic E-state index is 9.13. The monoisotopic (exact) mass is 328 g/mol. The number of ether oxygens (including phenoxy) is 2. The number of aliphatic hydroxyl groups is 1. The molecule has 0 fully saturated rings. The Morgan fingerprint density at radius 2 is 2.21 bits per heavy atom. The van der Waals surface area contributed by atoms with Crippen LogP contribution in [0.3, 0.4) is 0 Å². The Kier molecular flexibility index (Phi) is 4.39. The van der Waals surface area contributed by atoms with Gasteiger partial charge in [-0.15, -0.1) is 0 Å². The minimum atomic E-state index is -0.0713. The van der Waals surface area contributed by atoms with Crippen LogP contribution in [-0.2, 0) is 13.2 Å². The Bertz CT molecular complexity index is 571. The first kappa shape index (κ1) is 13.8. The molecular formula is C12H13BrN2O4. The first-order valence-electron chi connectivity index (χ1n) is 5.53. The normalized spacial score (nSPS) is 10.5. The van der Waals surface area contributed by atoms with Gasteiger partial charge in [0.05, 0.1) is 18.2 Å². The summed E-state index contributed by atoms with van der Waals surface area (Å²) in [7, 11) is 1.53. The second kappa shape index (κ2) is 6.03. The van der Waals surface area contributed by atoms with Gasteiger partial charge in [-0.3, -0.25) is 0 Å². The topological polar surface area (TPSA) is 77.6 Å². The van der Waals surface area contributed by atoms with Crippen LogP contribution in [0.25, 0.3) is 0 Å². The second-order valence-corrected chi connectivity index (χ2v) is 4.65. The summed E-state index contributed by atoms with van der Waals surface area (Å²) in [5.41, 5.74) is 0.727. The molecule has 2 rings (SSSR count). The summed E-state index contributed by atoms with van der Waals surface area (Å²) >= 11 is 3.38. The van der Waals surface area contributed by atoms with E-state index in [1.807, 2.05) is 0 Å². The van der Waals surface area contributed by atoms with E-state index in [2.05, 4.69) is 26.1 Å². The molecule has 1 heterocycles. The van der Waals surface area contributed by atoms with Gasteiger partial charge in [0.15, 0.2) is 23.9 Å². The molecule has 7 heteroatoms. The lowest BCUT2D eigenvalue weighted by atomic mass is 10.2. The molecule has 0 atom stereocenters. The van der Waals surface area contributed by atoms with Crippen LogP contribution in [0.2, 0.25) is 0 Å². The number of halogens is 1. The van der Waals surface area contributed by atoms with Crippen molar-refractivity contribution in [1.29, 1.82) is 0 Å². The van der Waals surface area contributed by atoms with Crippen LogP contribution >= 0.6 is 15.9 Å². The van der Waals surface area contributed by atoms with Gasteiger partial charge in [0, 0.05) is 0 Å². The number of aliphatic hydroxyl groups excluding tert-OH is 1. The summed E-state index contributed by atoms with van der Waals surface area (Å²) in [6.07, 6.45) is 0. The summed E-state index contributed by atoms with van der Waals surface area (Å²) in [6, 6.07) is 3.47. The molecule has 2 aromatic rings. The fraction of sp³-hybridized carbons (Fsp3) is 0.333. The van der Waals surface area contributed by atoms with E-state index in [1.165, 1.54) is 7.11 Å². The molecule has 102 valence electrons. The van der Waals surface area contributed by atoms with Crippen molar-refractivity contribution in [3.05, 3.63) is 33.9 Å². The van der Waals surface area contributed by atoms with Gasteiger partial charge in [-0.25, -0.2) is 0 Å². The highest BCUT2D eigenvalue weighted by Gasteiger charge is 2.13. The lowest BCUT2D eigenvalue weighted by Gasteiger charge is -2.12. The first-order chi connectivity index (χ1) is 9.13. The third-order valence-corrected chi connectivity index (χ3v) is 2.97. The Labute approximate surface area is 118 Å². The van der Waals surface area contributed by atoms with Gasteiger partial charge in [0.1, 0.15) is 0 Å². The van der Waals surface area contributed by atoms with E-state index in [9.17, 15) is 0 Å². The highest BCUT2D eigenvalue weighted by Crippen LogP contribution is 2.37. The predicted octanol–water partition coefficient (Wildman–Crippen LogP) is 2.22. The first-order valence-corrected chi connectivity index (χ1v) is 6.32. The standard InChI is InChI=1S/C12H13BrN2O4/c1-7-14-11(19-15-7)6-18-12-9(13)3-8(5-16)4-10(12)17-2/h3-4,16H,5-6H2,1-2H3. The maximum Gasteiger partial charge on any atom is 0.264 e. The van der Waals surface area contributed by atoms with Crippen molar-refractivity contribution in [2.45, 2.75) is 20.1 Å². The Morgan fingerprint density at radius 3 is 2.79 bits per heavy atom. The zero-order chi connectivity index (χ0) is 13.8. The molecule has 0 spiro atoms. The summed E-state index contributed by atoms with van der Waals surface area (Å²) in [5.74, 6) is 1.99. The van der Waals surface area contributed by atoms with Crippen molar-refractivity contribution in [3.8, 4) is 11.5 Å². The zero-order valence-corrected chi connectivity index (χ0v) is 12.1. The van der Waals surface area contributed by atoms with Crippen LogP contribution < -0.4 is 9.47 Å². The third-order valence-electron chi connectivity index (χ3n) is 2.38. The van der Waals surface area contributed by atoms with Crippen molar-refractivity contribution >= 4 is 15.9 Å². The number of hydrogen-bond donors (Lipinski definition) is 1. The van der Waals surface area contributed by atoms with Crippen molar-refractivity contribution in [2.24, 2.45) is 0 Å². The molecule has 0 aliphatic heterocycles. The van der Waals surface area contributed by atoms with Gasteiger partial charge in [-0.1, -0.05) is 5.16 Å². The number of aryl methyl sites for hydroxylation is 1. The van der Waals surface area contributed by atoms with E-state index in [-0.39, 0.29) is 13.2 Å². The maximum atomic E-state index is 9.13. The Balaban J connectivity index is 2.19. The third kappa shape index (κ3) is 3.24. The van der Waals surface area contributed by atoms with Gasteiger partial charge in [-0.2, -0.15) is 4.98 Å². The van der Waals surface area contributed by atoms with E-state index in [4.69, 9.17) is 19.1 Å². The van der Waals surface area contributed by atoms with Crippen molar-refractivity contribution < 1.29 is 19.1 Å². The zero-order valence-electron chi connectivity index (χ0n) is 10.5. The van der Waals surface area contributed by atoms with Gasteiger partial charge < -0.3 is 19.1 Å². The van der Waals surface area contributed by atoms with Crippen LogP contribution in [-0.4, -0.2) is 22.4 Å². The summed E-state index contributed by atoms with van der Waals surface area (Å²) in [4.78, 5) is 4.05. The van der Waals surface area contributed by atoms with Crippen LogP contribution in [0.5, 0.6) is 11.5 Å². The molecule has 0 saturated heterocycles. The summed E-state index contributed by atoms with van der Waals surface area (Å²) < 4.78 is 16.5. The van der Waals surface area contributed by atoms with E-state index in [0.717, 1.165) is 5.56 Å². The molecule has 0 aliphatic rings. The Hall–Kier alpha value is -1.60. The number of methoxy groups -OCH3 is 1. The molecule has 19 heavy (non-hydrogen) atoms. The molecule has 0 saturated carbocycles. The van der Waals surface area contributed by atoms with E-state index < -0.39 is 0 Å². The molecule has 1 aromatic heterocycles. The smallest absolute Gasteiger partial charge is 0.264 e. The van der Waals surface area contributed by atoms with Crippen molar-refractivity contribution in [2.75, 3.05) is 7.11 Å². The fourth-order valence-electron chi connectivity index (χ4n) is 1.54. The average Bonchev–Trinajstić information content (AvgIpc) is 2.82. The average molecular weight is 329 g/mol. The fourth-order valence-corrected chi connectivity index (χ4v) is 2.14. The quantitative estimate of drug-likeness (QED) is 0.906. The molecule has 0 radical (unpaired) electrons. The second-order valence-electron chi connectivity index (χ2n) is 3.79. The molecule has 1 N–H and O–H groups in total. The van der Waals surface area contributed by atoms with E-state index >= 15 is 0 Å². The number of hydrogen-bond acceptors (Lipinski definition) is 6. The molecule has 0 bridgehead atoms. The van der Waals surface area contributed by atoms with Gasteiger partial charge >= 0.3 is 0 Å². The predicted molar refractivity (Wildman–Crippen MR) is 70.0 cm³/mol. The molecular weight excluding hydrogens is 316 g/mol. The summed E-state index contributed by atoms with van der Waals surface area (Å²) in [6.45, 7) is 1.81. The number of rotatable bonds is 5. The van der Waals surface area contributed by atoms with Crippen LogP contribution in [0.15, 0.2) is 21.1 Å². The number of aromatic nitrogens is 2. The van der Waals surface area contributed by atoms with Crippen molar-refractivity contribution in [3.63, 3.8) is 0 Å². The van der Waals surface area contributed by atoms with E-state index in [1.54, 1.807) is 19.1 Å². The van der Waals surface area contributed by atoms with Gasteiger partial charge in [-0.05, 0) is 40.5 Å². The van der Waals surface area contributed by atoms with E-state index in [0.29, 0.717) is 27.7 Å². The number of benzene rings is 1. The number of nitrogens with zero attached hydrogens (tertiary/aromatic N) is 2. The summed E-state index contributed by atoms with van der Waals surface area (Å²) in [5, 5.41) is 12.8. The lowest BCUT2D eigenvalue weighted by Crippen LogP contribution is -2.00. The van der Waals surface area contributed by atoms with Crippen LogP contribution in [0, 0.1) is 6.92 Å². The largest absolute Gasteiger partial charge is 0.493 e. The molecule has 0 unspecified atom stereocenters. The molecule has 1 aromatic carbocycles. The van der Waals surface area contributed by atoms with Crippen molar-refractivity contribution in [1.82, 2.24) is 10.1 Å². The highest BCUT2D eigenvalue weighted by molar-refractivity contribution is 9.10. The SMILES string of the molecule is COc1cc(CO)cc(Br)c1OCc1nc(C)no1. The van der Waals surface area contributed by atoms with Gasteiger partial charge in [0.2, 0.25) is 0 Å². The highest BCUT2D eigenvalue weighted by atomic mass is 79.9. The van der Waals surface area contributed by atoms with Crippen LogP contribution in [0.4, 0.5) is 0 Å². The Morgan fingerprint density at radius 1 is 1.42 bits per heavy atom. The molecule has 0 aliphatic carbocycles. The lowest BCUT2D eigenvalue weighted by molar-refractivity contribution is 0.231. The molecule has 6 nitrogen and oxygen atoms in total. The molecule has 0 amide bonds.